The van der Waals surface area contributed by atoms with E-state index in [9.17, 15) is 12.8 Å². The van der Waals surface area contributed by atoms with Crippen molar-refractivity contribution in [1.82, 2.24) is 14.1 Å². The first-order valence-corrected chi connectivity index (χ1v) is 14.1. The minimum Gasteiger partial charge on any atom is -0.484 e. The summed E-state index contributed by atoms with van der Waals surface area (Å²) in [6.07, 6.45) is 6.35. The molecule has 6 nitrogen and oxygen atoms in total. The molecule has 3 aromatic carbocycles. The molecule has 0 bridgehead atoms. The van der Waals surface area contributed by atoms with Crippen molar-refractivity contribution in [1.29, 1.82) is 0 Å². The number of sulfonamides is 1. The van der Waals surface area contributed by atoms with Gasteiger partial charge < -0.3 is 4.74 Å². The van der Waals surface area contributed by atoms with Gasteiger partial charge in [-0.25, -0.2) is 17.5 Å². The van der Waals surface area contributed by atoms with E-state index in [1.54, 1.807) is 27.3 Å². The van der Waals surface area contributed by atoms with E-state index < -0.39 is 22.2 Å². The number of aromatic nitrogens is 2. The SMILES string of the molecule is C[C@@H]([C@@H](Oc1ccc2c(cnn2-c2ccc(F)cc2)c1)c1ccccc1)N(C1CCCC1)S(C)(=O)=O. The molecule has 1 aliphatic carbocycles. The first-order chi connectivity index (χ1) is 17.3. The van der Waals surface area contributed by atoms with Crippen LogP contribution in [0.3, 0.4) is 0 Å². The summed E-state index contributed by atoms with van der Waals surface area (Å²) in [5.41, 5.74) is 2.54. The van der Waals surface area contributed by atoms with Gasteiger partial charge in [-0.1, -0.05) is 43.2 Å². The quantitative estimate of drug-likeness (QED) is 0.299. The minimum atomic E-state index is -3.44. The van der Waals surface area contributed by atoms with E-state index in [0.717, 1.165) is 47.8 Å². The van der Waals surface area contributed by atoms with Gasteiger partial charge in [0.25, 0.3) is 0 Å². The van der Waals surface area contributed by atoms with Gasteiger partial charge in [0, 0.05) is 11.4 Å². The Morgan fingerprint density at radius 1 is 1.03 bits per heavy atom. The molecule has 0 spiro atoms. The van der Waals surface area contributed by atoms with Crippen molar-refractivity contribution >= 4 is 20.9 Å². The molecule has 2 atom stereocenters. The van der Waals surface area contributed by atoms with Crippen LogP contribution < -0.4 is 4.74 Å². The summed E-state index contributed by atoms with van der Waals surface area (Å²) in [4.78, 5) is 0. The lowest BCUT2D eigenvalue weighted by Crippen LogP contribution is -2.48. The van der Waals surface area contributed by atoms with Crippen molar-refractivity contribution in [3.63, 3.8) is 0 Å². The summed E-state index contributed by atoms with van der Waals surface area (Å²) in [6.45, 7) is 1.93. The van der Waals surface area contributed by atoms with E-state index in [1.807, 2.05) is 55.5 Å². The van der Waals surface area contributed by atoms with Gasteiger partial charge in [0.05, 0.1) is 29.7 Å². The molecule has 1 heterocycles. The highest BCUT2D eigenvalue weighted by molar-refractivity contribution is 7.88. The second kappa shape index (κ2) is 10.0. The van der Waals surface area contributed by atoms with Gasteiger partial charge in [-0.3, -0.25) is 0 Å². The second-order valence-electron chi connectivity index (χ2n) is 9.47. The maximum atomic E-state index is 13.4. The average Bonchev–Trinajstić information content (AvgIpc) is 3.53. The largest absolute Gasteiger partial charge is 0.484 e. The number of rotatable bonds is 8. The minimum absolute atomic E-state index is 0.0127. The zero-order chi connectivity index (χ0) is 25.3. The van der Waals surface area contributed by atoms with Crippen molar-refractivity contribution in [2.45, 2.75) is 50.8 Å². The highest BCUT2D eigenvalue weighted by Crippen LogP contribution is 2.35. The lowest BCUT2D eigenvalue weighted by Gasteiger charge is -2.37. The van der Waals surface area contributed by atoms with Gasteiger partial charge in [-0.2, -0.15) is 9.40 Å². The van der Waals surface area contributed by atoms with Gasteiger partial charge in [0.1, 0.15) is 17.7 Å². The maximum Gasteiger partial charge on any atom is 0.211 e. The Morgan fingerprint density at radius 2 is 1.72 bits per heavy atom. The fraction of sp³-hybridized carbons (Fsp3) is 0.321. The number of benzene rings is 3. The molecular weight excluding hydrogens is 477 g/mol. The first kappa shape index (κ1) is 24.5. The molecule has 0 N–H and O–H groups in total. The standard InChI is InChI=1S/C28H30FN3O3S/c1-20(32(36(2,33)34)25-10-6-7-11-25)28(21-8-4-3-5-9-21)35-26-16-17-27-22(18-26)19-30-31(27)24-14-12-23(29)13-15-24/h3-5,8-9,12-20,25,28H,6-7,10-11H2,1-2H3/t20-,28+/m0/s1. The predicted octanol–water partition coefficient (Wildman–Crippen LogP) is 5.88. The second-order valence-corrected chi connectivity index (χ2v) is 11.4. The third-order valence-corrected chi connectivity index (χ3v) is 8.31. The number of ether oxygens (including phenoxy) is 1. The monoisotopic (exact) mass is 507 g/mol. The number of hydrogen-bond donors (Lipinski definition) is 0. The molecule has 0 unspecified atom stereocenters. The fourth-order valence-corrected chi connectivity index (χ4v) is 6.77. The van der Waals surface area contributed by atoms with Crippen molar-refractivity contribution in [2.75, 3.05) is 6.26 Å². The van der Waals surface area contributed by atoms with Crippen LogP contribution >= 0.6 is 0 Å². The van der Waals surface area contributed by atoms with Crippen LogP contribution in [0, 0.1) is 5.82 Å². The molecule has 8 heteroatoms. The summed E-state index contributed by atoms with van der Waals surface area (Å²) >= 11 is 0. The highest BCUT2D eigenvalue weighted by atomic mass is 32.2. The zero-order valence-electron chi connectivity index (χ0n) is 20.4. The molecule has 1 fully saturated rings. The van der Waals surface area contributed by atoms with E-state index in [0.29, 0.717) is 5.75 Å². The number of fused-ring (bicyclic) bond motifs is 1. The molecule has 0 aliphatic heterocycles. The third kappa shape index (κ3) is 5.01. The van der Waals surface area contributed by atoms with Crippen LogP contribution in [-0.2, 0) is 10.0 Å². The summed E-state index contributed by atoms with van der Waals surface area (Å²) in [6, 6.07) is 21.2. The van der Waals surface area contributed by atoms with Gasteiger partial charge in [-0.05, 0) is 67.8 Å². The first-order valence-electron chi connectivity index (χ1n) is 12.2. The number of nitrogens with zero attached hydrogens (tertiary/aromatic N) is 3. The summed E-state index contributed by atoms with van der Waals surface area (Å²) in [5.74, 6) is 0.328. The van der Waals surface area contributed by atoms with Gasteiger partial charge in [0.15, 0.2) is 0 Å². The number of halogens is 1. The zero-order valence-corrected chi connectivity index (χ0v) is 21.2. The van der Waals surface area contributed by atoms with Crippen LogP contribution in [0.25, 0.3) is 16.6 Å². The molecule has 1 aliphatic rings. The van der Waals surface area contributed by atoms with Crippen molar-refractivity contribution in [2.24, 2.45) is 0 Å². The van der Waals surface area contributed by atoms with Crippen LogP contribution in [0.15, 0.2) is 79.0 Å². The smallest absolute Gasteiger partial charge is 0.211 e. The lowest BCUT2D eigenvalue weighted by molar-refractivity contribution is 0.103. The Bertz CT molecular complexity index is 1430. The summed E-state index contributed by atoms with van der Waals surface area (Å²) in [5, 5.41) is 5.34. The van der Waals surface area contributed by atoms with E-state index in [-0.39, 0.29) is 11.9 Å². The van der Waals surface area contributed by atoms with Crippen LogP contribution in [0.4, 0.5) is 4.39 Å². The predicted molar refractivity (Wildman–Crippen MR) is 139 cm³/mol. The van der Waals surface area contributed by atoms with Crippen LogP contribution in [0.5, 0.6) is 5.75 Å². The molecule has 0 radical (unpaired) electrons. The Balaban J connectivity index is 1.49. The number of hydrogen-bond acceptors (Lipinski definition) is 4. The molecule has 4 aromatic rings. The molecule has 1 saturated carbocycles. The van der Waals surface area contributed by atoms with Gasteiger partial charge in [0.2, 0.25) is 10.0 Å². The summed E-state index contributed by atoms with van der Waals surface area (Å²) < 4.78 is 49.1. The van der Waals surface area contributed by atoms with E-state index in [2.05, 4.69) is 5.10 Å². The van der Waals surface area contributed by atoms with Crippen LogP contribution in [0.2, 0.25) is 0 Å². The van der Waals surface area contributed by atoms with E-state index >= 15 is 0 Å². The van der Waals surface area contributed by atoms with Gasteiger partial charge >= 0.3 is 0 Å². The molecular formula is C28H30FN3O3S. The van der Waals surface area contributed by atoms with Crippen LogP contribution in [-0.4, -0.2) is 40.8 Å². The van der Waals surface area contributed by atoms with Crippen molar-refractivity contribution in [3.05, 3.63) is 90.4 Å². The van der Waals surface area contributed by atoms with Gasteiger partial charge in [-0.15, -0.1) is 0 Å². The normalized spacial score (nSPS) is 16.4. The molecule has 36 heavy (non-hydrogen) atoms. The molecule has 0 amide bonds. The van der Waals surface area contributed by atoms with Crippen LogP contribution in [0.1, 0.15) is 44.3 Å². The lowest BCUT2D eigenvalue weighted by atomic mass is 10.0. The van der Waals surface area contributed by atoms with Crippen molar-refractivity contribution in [3.8, 4) is 11.4 Å². The Hall–Kier alpha value is -3.23. The molecule has 188 valence electrons. The highest BCUT2D eigenvalue weighted by Gasteiger charge is 2.38. The molecule has 5 rings (SSSR count). The Labute approximate surface area is 211 Å². The topological polar surface area (TPSA) is 64.4 Å². The third-order valence-electron chi connectivity index (χ3n) is 6.91. The van der Waals surface area contributed by atoms with Crippen molar-refractivity contribution < 1.29 is 17.5 Å². The Kier molecular flexibility index (Phi) is 6.81. The molecule has 0 saturated heterocycles. The maximum absolute atomic E-state index is 13.4. The average molecular weight is 508 g/mol. The summed E-state index contributed by atoms with van der Waals surface area (Å²) in [7, 11) is -3.44. The van der Waals surface area contributed by atoms with E-state index in [1.165, 1.54) is 18.4 Å². The van der Waals surface area contributed by atoms with E-state index in [4.69, 9.17) is 4.74 Å². The molecule has 1 aromatic heterocycles. The fourth-order valence-electron chi connectivity index (χ4n) is 5.30. The Morgan fingerprint density at radius 3 is 2.39 bits per heavy atom.